The van der Waals surface area contributed by atoms with Crippen molar-refractivity contribution in [2.45, 2.75) is 33.1 Å². The summed E-state index contributed by atoms with van der Waals surface area (Å²) in [5.41, 5.74) is 4.27. The molecule has 3 aromatic rings. The molecule has 0 fully saturated rings. The Morgan fingerprint density at radius 2 is 2.00 bits per heavy atom. The molecule has 7 heteroatoms. The van der Waals surface area contributed by atoms with E-state index < -0.39 is 0 Å². The van der Waals surface area contributed by atoms with Crippen LogP contribution in [0.3, 0.4) is 0 Å². The minimum absolute atomic E-state index is 0.0771. The maximum Gasteiger partial charge on any atom is 0.265 e. The minimum Gasteiger partial charge on any atom is -0.482 e. The summed E-state index contributed by atoms with van der Waals surface area (Å²) in [6, 6.07) is 13.4. The van der Waals surface area contributed by atoms with Crippen molar-refractivity contribution in [3.05, 3.63) is 58.4 Å². The molecule has 160 valence electrons. The smallest absolute Gasteiger partial charge is 0.265 e. The largest absolute Gasteiger partial charge is 0.482 e. The third-order valence-corrected chi connectivity index (χ3v) is 6.07. The van der Waals surface area contributed by atoms with E-state index in [2.05, 4.69) is 24.1 Å². The number of thiazole rings is 1. The van der Waals surface area contributed by atoms with Crippen molar-refractivity contribution >= 4 is 34.5 Å². The summed E-state index contributed by atoms with van der Waals surface area (Å²) in [5.74, 6) is 0.0910. The first-order chi connectivity index (χ1) is 15.1. The highest BCUT2D eigenvalue weighted by Crippen LogP contribution is 2.36. The molecule has 1 aliphatic rings. The highest BCUT2D eigenvalue weighted by molar-refractivity contribution is 7.09. The van der Waals surface area contributed by atoms with Crippen molar-refractivity contribution in [1.29, 1.82) is 0 Å². The summed E-state index contributed by atoms with van der Waals surface area (Å²) < 4.78 is 5.59. The summed E-state index contributed by atoms with van der Waals surface area (Å²) >= 11 is 1.64. The zero-order valence-electron chi connectivity index (χ0n) is 17.7. The molecule has 0 bridgehead atoms. The number of anilines is 2. The van der Waals surface area contributed by atoms with Crippen LogP contribution in [-0.2, 0) is 22.4 Å². The Kier molecular flexibility index (Phi) is 6.32. The minimum atomic E-state index is -0.255. The summed E-state index contributed by atoms with van der Waals surface area (Å²) in [5, 5.41) is 5.98. The van der Waals surface area contributed by atoms with E-state index in [0.29, 0.717) is 17.1 Å². The van der Waals surface area contributed by atoms with E-state index in [9.17, 15) is 9.59 Å². The zero-order chi connectivity index (χ0) is 21.8. The van der Waals surface area contributed by atoms with Crippen LogP contribution in [0.4, 0.5) is 11.4 Å². The van der Waals surface area contributed by atoms with Crippen LogP contribution in [0.15, 0.2) is 47.8 Å². The number of fused-ring (bicyclic) bond motifs is 1. The van der Waals surface area contributed by atoms with Gasteiger partial charge in [0.15, 0.2) is 6.61 Å². The second kappa shape index (κ2) is 9.31. The first-order valence-corrected chi connectivity index (χ1v) is 11.4. The van der Waals surface area contributed by atoms with Gasteiger partial charge in [0, 0.05) is 16.6 Å². The van der Waals surface area contributed by atoms with Gasteiger partial charge in [0.25, 0.3) is 5.91 Å². The molecule has 4 rings (SSSR count). The van der Waals surface area contributed by atoms with Crippen LogP contribution in [-0.4, -0.2) is 29.9 Å². The van der Waals surface area contributed by atoms with Gasteiger partial charge < -0.3 is 10.1 Å². The van der Waals surface area contributed by atoms with E-state index >= 15 is 0 Å². The first-order valence-electron chi connectivity index (χ1n) is 10.5. The Morgan fingerprint density at radius 1 is 1.19 bits per heavy atom. The van der Waals surface area contributed by atoms with Crippen molar-refractivity contribution in [3.63, 3.8) is 0 Å². The predicted molar refractivity (Wildman–Crippen MR) is 124 cm³/mol. The number of ether oxygens (including phenoxy) is 1. The quantitative estimate of drug-likeness (QED) is 0.584. The highest BCUT2D eigenvalue weighted by atomic mass is 32.1. The molecule has 0 spiro atoms. The lowest BCUT2D eigenvalue weighted by molar-refractivity contribution is -0.123. The summed E-state index contributed by atoms with van der Waals surface area (Å²) in [7, 11) is 0. The molecule has 31 heavy (non-hydrogen) atoms. The van der Waals surface area contributed by atoms with Gasteiger partial charge in [-0.2, -0.15) is 0 Å². The molecule has 2 aromatic carbocycles. The van der Waals surface area contributed by atoms with Crippen LogP contribution < -0.4 is 15.0 Å². The number of carbonyl (C=O) groups excluding carboxylic acids is 2. The van der Waals surface area contributed by atoms with E-state index in [1.165, 1.54) is 10.5 Å². The number of hydrogen-bond donors (Lipinski definition) is 1. The Bertz CT molecular complexity index is 1090. The number of benzene rings is 2. The highest BCUT2D eigenvalue weighted by Gasteiger charge is 2.28. The van der Waals surface area contributed by atoms with Gasteiger partial charge in [-0.1, -0.05) is 26.0 Å². The van der Waals surface area contributed by atoms with Crippen LogP contribution in [0.5, 0.6) is 5.75 Å². The molecular weight excluding hydrogens is 410 g/mol. The predicted octanol–water partition coefficient (Wildman–Crippen LogP) is 4.69. The second-order valence-corrected chi connectivity index (χ2v) is 8.37. The molecule has 0 saturated carbocycles. The Labute approximate surface area is 185 Å². The van der Waals surface area contributed by atoms with Crippen molar-refractivity contribution < 1.29 is 14.3 Å². The molecule has 1 aromatic heterocycles. The molecule has 1 N–H and O–H groups in total. The van der Waals surface area contributed by atoms with Gasteiger partial charge in [0.2, 0.25) is 5.91 Å². The summed E-state index contributed by atoms with van der Waals surface area (Å²) in [4.78, 5) is 31.4. The average molecular weight is 436 g/mol. The molecule has 0 atom stereocenters. The SMILES string of the molecule is CCCc1nc(-c2ccc3c(c2)N(CC(=O)Nc2ccc(CC)cc2)C(=O)CO3)cs1. The van der Waals surface area contributed by atoms with Crippen molar-refractivity contribution in [2.24, 2.45) is 0 Å². The normalized spacial score (nSPS) is 13.0. The Balaban J connectivity index is 1.54. The fourth-order valence-corrected chi connectivity index (χ4v) is 4.38. The second-order valence-electron chi connectivity index (χ2n) is 7.43. The maximum atomic E-state index is 12.7. The van der Waals surface area contributed by atoms with Gasteiger partial charge in [0.05, 0.1) is 16.4 Å². The number of hydrogen-bond acceptors (Lipinski definition) is 5. The van der Waals surface area contributed by atoms with E-state index in [-0.39, 0.29) is 25.0 Å². The number of nitrogens with zero attached hydrogens (tertiary/aromatic N) is 2. The van der Waals surface area contributed by atoms with E-state index in [4.69, 9.17) is 4.74 Å². The van der Waals surface area contributed by atoms with Crippen LogP contribution in [0.25, 0.3) is 11.3 Å². The van der Waals surface area contributed by atoms with Gasteiger partial charge in [-0.15, -0.1) is 11.3 Å². The average Bonchev–Trinajstić information content (AvgIpc) is 3.25. The lowest BCUT2D eigenvalue weighted by Crippen LogP contribution is -2.43. The lowest BCUT2D eigenvalue weighted by atomic mass is 10.1. The van der Waals surface area contributed by atoms with Gasteiger partial charge in [-0.3, -0.25) is 14.5 Å². The molecule has 2 amide bonds. The summed E-state index contributed by atoms with van der Waals surface area (Å²) in [6.07, 6.45) is 2.93. The lowest BCUT2D eigenvalue weighted by Gasteiger charge is -2.29. The number of rotatable bonds is 7. The topological polar surface area (TPSA) is 71.5 Å². The number of carbonyl (C=O) groups is 2. The van der Waals surface area contributed by atoms with Crippen molar-refractivity contribution in [1.82, 2.24) is 4.98 Å². The molecule has 0 aliphatic carbocycles. The molecule has 6 nitrogen and oxygen atoms in total. The number of amides is 2. The molecule has 2 heterocycles. The number of aryl methyl sites for hydroxylation is 2. The molecule has 0 unspecified atom stereocenters. The van der Waals surface area contributed by atoms with Crippen LogP contribution in [0, 0.1) is 0 Å². The monoisotopic (exact) mass is 435 g/mol. The van der Waals surface area contributed by atoms with Crippen molar-refractivity contribution in [3.8, 4) is 17.0 Å². The van der Waals surface area contributed by atoms with E-state index in [0.717, 1.165) is 35.5 Å². The molecular formula is C24H25N3O3S. The first kappa shape index (κ1) is 21.1. The number of nitrogens with one attached hydrogen (secondary N) is 1. The third kappa shape index (κ3) is 4.77. The number of aromatic nitrogens is 1. The van der Waals surface area contributed by atoms with Crippen LogP contribution in [0.2, 0.25) is 0 Å². The van der Waals surface area contributed by atoms with Gasteiger partial charge in [-0.25, -0.2) is 4.98 Å². The Morgan fingerprint density at radius 3 is 2.74 bits per heavy atom. The van der Waals surface area contributed by atoms with Gasteiger partial charge >= 0.3 is 0 Å². The molecule has 1 aliphatic heterocycles. The van der Waals surface area contributed by atoms with Gasteiger partial charge in [0.1, 0.15) is 12.3 Å². The fourth-order valence-electron chi connectivity index (χ4n) is 3.47. The zero-order valence-corrected chi connectivity index (χ0v) is 18.5. The van der Waals surface area contributed by atoms with Crippen molar-refractivity contribution in [2.75, 3.05) is 23.4 Å². The molecule has 0 saturated heterocycles. The van der Waals surface area contributed by atoms with Gasteiger partial charge in [-0.05, 0) is 55.2 Å². The van der Waals surface area contributed by atoms with E-state index in [1.807, 2.05) is 47.8 Å². The molecule has 0 radical (unpaired) electrons. The van der Waals surface area contributed by atoms with Crippen LogP contribution in [0.1, 0.15) is 30.8 Å². The third-order valence-electron chi connectivity index (χ3n) is 5.16. The Hall–Kier alpha value is -3.19. The standard InChI is InChI=1S/C24H25N3O3S/c1-3-5-23-26-19(15-31-23)17-8-11-21-20(12-17)27(24(29)14-30-21)13-22(28)25-18-9-6-16(4-2)7-10-18/h6-12,15H,3-5,13-14H2,1-2H3,(H,25,28). The van der Waals surface area contributed by atoms with E-state index in [1.54, 1.807) is 11.3 Å². The van der Waals surface area contributed by atoms with Crippen LogP contribution >= 0.6 is 11.3 Å². The maximum absolute atomic E-state index is 12.7. The fraction of sp³-hybridized carbons (Fsp3) is 0.292. The summed E-state index contributed by atoms with van der Waals surface area (Å²) in [6.45, 7) is 4.05.